The number of piperidine rings is 1. The smallest absolute Gasteiger partial charge is 0.247 e. The van der Waals surface area contributed by atoms with Gasteiger partial charge in [-0.3, -0.25) is 19.1 Å². The van der Waals surface area contributed by atoms with E-state index in [1.807, 2.05) is 30.0 Å². The Labute approximate surface area is 265 Å². The highest BCUT2D eigenvalue weighted by Gasteiger charge is 2.27. The first kappa shape index (κ1) is 34.4. The topological polar surface area (TPSA) is 159 Å². The summed E-state index contributed by atoms with van der Waals surface area (Å²) in [5, 5.41) is 10.2. The molecule has 1 aromatic heterocycles. The molecule has 2 aliphatic heterocycles. The number of nitrogens with zero attached hydrogens (tertiary/aromatic N) is 3. The first-order valence-electron chi connectivity index (χ1n) is 16.0. The first-order valence-corrected chi connectivity index (χ1v) is 16.0. The molecule has 4 bridgehead atoms. The number of carbonyl (C=O) groups excluding carboxylic acids is 3. The summed E-state index contributed by atoms with van der Waals surface area (Å²) in [5.41, 5.74) is 7.87. The maximum Gasteiger partial charge on any atom is 0.247 e. The molecule has 45 heavy (non-hydrogen) atoms. The average Bonchev–Trinajstić information content (AvgIpc) is 3.51. The Morgan fingerprint density at radius 3 is 2.60 bits per heavy atom. The number of aromatic nitrogens is 2. The number of hydrogen-bond acceptors (Lipinski definition) is 9. The molecule has 2 atom stereocenters. The van der Waals surface area contributed by atoms with Crippen LogP contribution in [0.1, 0.15) is 54.8 Å². The molecule has 1 saturated heterocycles. The van der Waals surface area contributed by atoms with Crippen LogP contribution in [0.3, 0.4) is 0 Å². The van der Waals surface area contributed by atoms with Gasteiger partial charge in [0.1, 0.15) is 11.8 Å². The van der Waals surface area contributed by atoms with E-state index in [1.165, 1.54) is 0 Å². The lowest BCUT2D eigenvalue weighted by Crippen LogP contribution is -2.42. The molecule has 0 radical (unpaired) electrons. The predicted octanol–water partition coefficient (Wildman–Crippen LogP) is 1.48. The van der Waals surface area contributed by atoms with E-state index in [9.17, 15) is 14.4 Å². The van der Waals surface area contributed by atoms with Crippen molar-refractivity contribution in [3.05, 3.63) is 47.3 Å². The van der Waals surface area contributed by atoms with Crippen molar-refractivity contribution in [2.75, 3.05) is 65.9 Å². The number of nitrogens with one attached hydrogen (secondary N) is 2. The Kier molecular flexibility index (Phi) is 14.1. The van der Waals surface area contributed by atoms with Crippen LogP contribution in [0, 0.1) is 12.8 Å². The summed E-state index contributed by atoms with van der Waals surface area (Å²) >= 11 is 0. The molecule has 4 N–H and O–H groups in total. The summed E-state index contributed by atoms with van der Waals surface area (Å²) in [6.45, 7) is 7.88. The van der Waals surface area contributed by atoms with E-state index >= 15 is 0 Å². The average molecular weight is 629 g/mol. The Hall–Kier alpha value is -3.52. The van der Waals surface area contributed by atoms with Gasteiger partial charge in [0, 0.05) is 50.8 Å². The zero-order valence-electron chi connectivity index (χ0n) is 26.3. The number of amides is 3. The van der Waals surface area contributed by atoms with Crippen molar-refractivity contribution in [2.24, 2.45) is 11.7 Å². The second-order valence-electron chi connectivity index (χ2n) is 11.5. The van der Waals surface area contributed by atoms with Crippen LogP contribution < -0.4 is 21.1 Å². The molecule has 0 aliphatic carbocycles. The molecule has 13 nitrogen and oxygen atoms in total. The van der Waals surface area contributed by atoms with Crippen molar-refractivity contribution in [2.45, 2.75) is 58.2 Å². The van der Waals surface area contributed by atoms with Gasteiger partial charge in [0.05, 0.1) is 59.0 Å². The minimum atomic E-state index is -0.977. The lowest BCUT2D eigenvalue weighted by molar-refractivity contribution is -0.135. The van der Waals surface area contributed by atoms with E-state index in [4.69, 9.17) is 24.7 Å². The summed E-state index contributed by atoms with van der Waals surface area (Å²) in [6, 6.07) is 4.88. The Morgan fingerprint density at radius 1 is 1.02 bits per heavy atom. The Bertz CT molecular complexity index is 1240. The molecule has 0 saturated carbocycles. The number of benzene rings is 1. The lowest BCUT2D eigenvalue weighted by atomic mass is 9.95. The molecule has 3 heterocycles. The van der Waals surface area contributed by atoms with Crippen LogP contribution in [-0.2, 0) is 41.7 Å². The van der Waals surface area contributed by atoms with Crippen molar-refractivity contribution in [1.29, 1.82) is 0 Å². The van der Waals surface area contributed by atoms with Gasteiger partial charge in [0.2, 0.25) is 17.7 Å². The fourth-order valence-corrected chi connectivity index (χ4v) is 5.43. The van der Waals surface area contributed by atoms with Crippen LogP contribution in [-0.4, -0.2) is 98.3 Å². The second-order valence-corrected chi connectivity index (χ2v) is 11.5. The fourth-order valence-electron chi connectivity index (χ4n) is 5.43. The number of aryl methyl sites for hydroxylation is 1. The molecular formula is C32H48N6O7. The van der Waals surface area contributed by atoms with Gasteiger partial charge in [0.25, 0.3) is 0 Å². The van der Waals surface area contributed by atoms with Crippen molar-refractivity contribution < 1.29 is 33.3 Å². The lowest BCUT2D eigenvalue weighted by Gasteiger charge is -2.33. The van der Waals surface area contributed by atoms with E-state index < -0.39 is 6.04 Å². The third kappa shape index (κ3) is 11.4. The van der Waals surface area contributed by atoms with Crippen LogP contribution >= 0.6 is 0 Å². The summed E-state index contributed by atoms with van der Waals surface area (Å²) in [4.78, 5) is 41.4. The first-order chi connectivity index (χ1) is 21.9. The quantitative estimate of drug-likeness (QED) is 0.296. The Morgan fingerprint density at radius 2 is 1.80 bits per heavy atom. The van der Waals surface area contributed by atoms with E-state index in [0.717, 1.165) is 36.1 Å². The highest BCUT2D eigenvalue weighted by atomic mass is 16.5. The number of rotatable bonds is 12. The molecule has 1 aromatic carbocycles. The molecule has 1 fully saturated rings. The van der Waals surface area contributed by atoms with Gasteiger partial charge in [-0.05, 0) is 55.4 Å². The molecular weight excluding hydrogens is 580 g/mol. The SMILES string of the molecule is Cc1ccc2cc1CNC(=O)C(c1cnn(CCOCCOCCOCCN)c1)NC(=O)CCC(=O)N1CCCC(CCO2)C1. The van der Waals surface area contributed by atoms with Crippen LogP contribution in [0.5, 0.6) is 5.75 Å². The van der Waals surface area contributed by atoms with Crippen molar-refractivity contribution in [3.63, 3.8) is 0 Å². The van der Waals surface area contributed by atoms with E-state index in [2.05, 4.69) is 15.7 Å². The van der Waals surface area contributed by atoms with Gasteiger partial charge in [-0.1, -0.05) is 6.07 Å². The van der Waals surface area contributed by atoms with Gasteiger partial charge in [0.15, 0.2) is 0 Å². The summed E-state index contributed by atoms with van der Waals surface area (Å²) in [6.07, 6.45) is 6.23. The van der Waals surface area contributed by atoms with Crippen molar-refractivity contribution >= 4 is 17.7 Å². The third-order valence-corrected chi connectivity index (χ3v) is 8.03. The molecule has 2 aliphatic rings. The minimum absolute atomic E-state index is 0.00274. The van der Waals surface area contributed by atoms with Gasteiger partial charge in [-0.2, -0.15) is 5.10 Å². The highest BCUT2D eigenvalue weighted by Crippen LogP contribution is 2.23. The summed E-state index contributed by atoms with van der Waals surface area (Å²) in [5.74, 6) is 0.328. The molecule has 4 rings (SSSR count). The van der Waals surface area contributed by atoms with Crippen LogP contribution in [0.15, 0.2) is 30.6 Å². The van der Waals surface area contributed by atoms with E-state index in [0.29, 0.717) is 83.9 Å². The second kappa shape index (κ2) is 18.4. The Balaban J connectivity index is 1.37. The summed E-state index contributed by atoms with van der Waals surface area (Å²) < 4.78 is 24.1. The minimum Gasteiger partial charge on any atom is -0.494 e. The molecule has 248 valence electrons. The fraction of sp³-hybridized carbons (Fsp3) is 0.625. The molecule has 2 aromatic rings. The van der Waals surface area contributed by atoms with Gasteiger partial charge in [-0.25, -0.2) is 0 Å². The van der Waals surface area contributed by atoms with E-state index in [-0.39, 0.29) is 37.1 Å². The molecule has 13 heteroatoms. The van der Waals surface area contributed by atoms with Gasteiger partial charge >= 0.3 is 0 Å². The maximum absolute atomic E-state index is 13.5. The summed E-state index contributed by atoms with van der Waals surface area (Å²) in [7, 11) is 0. The highest BCUT2D eigenvalue weighted by molar-refractivity contribution is 5.90. The number of carbonyl (C=O) groups is 3. The molecule has 3 amide bonds. The van der Waals surface area contributed by atoms with E-state index in [1.54, 1.807) is 17.1 Å². The monoisotopic (exact) mass is 628 g/mol. The maximum atomic E-state index is 13.5. The number of ether oxygens (including phenoxy) is 4. The van der Waals surface area contributed by atoms with Crippen molar-refractivity contribution in [1.82, 2.24) is 25.3 Å². The van der Waals surface area contributed by atoms with Gasteiger partial charge in [-0.15, -0.1) is 0 Å². The number of hydrogen-bond donors (Lipinski definition) is 3. The van der Waals surface area contributed by atoms with Crippen LogP contribution in [0.4, 0.5) is 0 Å². The zero-order chi connectivity index (χ0) is 31.9. The largest absolute Gasteiger partial charge is 0.494 e. The molecule has 2 unspecified atom stereocenters. The van der Waals surface area contributed by atoms with Gasteiger partial charge < -0.3 is 40.2 Å². The number of nitrogens with two attached hydrogens (primary N) is 1. The van der Waals surface area contributed by atoms with Crippen LogP contribution in [0.25, 0.3) is 0 Å². The normalized spacial score (nSPS) is 20.1. The van der Waals surface area contributed by atoms with Crippen LogP contribution in [0.2, 0.25) is 0 Å². The third-order valence-electron chi connectivity index (χ3n) is 8.03. The van der Waals surface area contributed by atoms with Crippen molar-refractivity contribution in [3.8, 4) is 5.75 Å². The predicted molar refractivity (Wildman–Crippen MR) is 166 cm³/mol. The standard InChI is InChI=1S/C32H48N6O7/c1-24-4-5-28-19-26(24)20-34-32(41)31(27-21-35-38(23-27)11-14-43-16-18-44-17-15-42-13-9-33)36-29(39)6-7-30(40)37-10-2-3-25(22-37)8-12-45-28/h4-5,19,21,23,25,31H,2-3,6-18,20,22,33H2,1H3,(H,34,41)(H,36,39). The zero-order valence-corrected chi connectivity index (χ0v) is 26.3. The molecule has 0 spiro atoms. The number of fused-ring (bicyclic) bond motifs is 4.